The van der Waals surface area contributed by atoms with Gasteiger partial charge in [0.2, 0.25) is 0 Å². The van der Waals surface area contributed by atoms with Crippen LogP contribution in [0.4, 0.5) is 0 Å². The minimum atomic E-state index is 0.188. The second-order valence-electron chi connectivity index (χ2n) is 2.19. The Kier molecular flexibility index (Phi) is 3.92. The predicted octanol–water partition coefficient (Wildman–Crippen LogP) is 3.77. The van der Waals surface area contributed by atoms with Crippen LogP contribution in [0.1, 0.15) is 0 Å². The van der Waals surface area contributed by atoms with Crippen molar-refractivity contribution < 1.29 is 4.74 Å². The molecule has 0 spiro atoms. The lowest BCUT2D eigenvalue weighted by Gasteiger charge is -2.06. The van der Waals surface area contributed by atoms with Gasteiger partial charge in [0.05, 0.1) is 10.0 Å². The Bertz CT molecular complexity index is 357. The topological polar surface area (TPSA) is 9.23 Å². The summed E-state index contributed by atoms with van der Waals surface area (Å²) in [6.45, 7) is 0.188. The normalized spacial score (nSPS) is 9.38. The van der Waals surface area contributed by atoms with Crippen molar-refractivity contribution >= 4 is 39.1 Å². The molecule has 0 aromatic heterocycles. The molecule has 0 unspecified atom stereocenters. The Balaban J connectivity index is 2.96. The van der Waals surface area contributed by atoms with E-state index in [9.17, 15) is 0 Å². The zero-order valence-corrected chi connectivity index (χ0v) is 9.58. The molecule has 0 fully saturated rings. The van der Waals surface area contributed by atoms with E-state index in [1.807, 2.05) is 0 Å². The molecule has 0 aliphatic carbocycles. The molecule has 13 heavy (non-hydrogen) atoms. The molecule has 0 bridgehead atoms. The molecule has 0 heterocycles. The number of rotatable bonds is 2. The Morgan fingerprint density at radius 2 is 2.08 bits per heavy atom. The third kappa shape index (κ3) is 2.80. The van der Waals surface area contributed by atoms with E-state index in [2.05, 4.69) is 21.9 Å². The summed E-state index contributed by atoms with van der Waals surface area (Å²) in [6, 6.07) is 3.28. The smallest absolute Gasteiger partial charge is 0.148 e. The van der Waals surface area contributed by atoms with Crippen molar-refractivity contribution in [3.05, 3.63) is 26.7 Å². The summed E-state index contributed by atoms with van der Waals surface area (Å²) in [7, 11) is 0. The second-order valence-corrected chi connectivity index (χ2v) is 3.86. The van der Waals surface area contributed by atoms with Crippen LogP contribution in [0, 0.1) is 12.3 Å². The van der Waals surface area contributed by atoms with Crippen LogP contribution >= 0.6 is 39.1 Å². The first kappa shape index (κ1) is 10.7. The first-order chi connectivity index (χ1) is 6.15. The van der Waals surface area contributed by atoms with Crippen molar-refractivity contribution in [3.8, 4) is 18.1 Å². The largest absolute Gasteiger partial charge is 0.479 e. The molecule has 1 nitrogen and oxygen atoms in total. The molecule has 68 valence electrons. The molecular formula is C9H5BrCl2O. The highest BCUT2D eigenvalue weighted by atomic mass is 79.9. The van der Waals surface area contributed by atoms with E-state index in [4.69, 9.17) is 34.4 Å². The molecule has 0 atom stereocenters. The zero-order chi connectivity index (χ0) is 9.84. The van der Waals surface area contributed by atoms with Gasteiger partial charge < -0.3 is 4.74 Å². The van der Waals surface area contributed by atoms with Crippen LogP contribution < -0.4 is 4.74 Å². The maximum atomic E-state index is 5.84. The van der Waals surface area contributed by atoms with E-state index >= 15 is 0 Å². The Morgan fingerprint density at radius 1 is 1.38 bits per heavy atom. The molecule has 0 saturated heterocycles. The molecular weight excluding hydrogens is 275 g/mol. The molecule has 0 saturated carbocycles. The number of ether oxygens (including phenoxy) is 1. The third-order valence-electron chi connectivity index (χ3n) is 1.29. The van der Waals surface area contributed by atoms with Gasteiger partial charge in [0.1, 0.15) is 12.4 Å². The van der Waals surface area contributed by atoms with Crippen LogP contribution in [-0.4, -0.2) is 6.61 Å². The van der Waals surface area contributed by atoms with Gasteiger partial charge in [0.15, 0.2) is 0 Å². The molecule has 1 aromatic carbocycles. The lowest BCUT2D eigenvalue weighted by molar-refractivity contribution is 0.370. The van der Waals surface area contributed by atoms with Crippen molar-refractivity contribution in [2.45, 2.75) is 0 Å². The van der Waals surface area contributed by atoms with Crippen LogP contribution in [0.3, 0.4) is 0 Å². The van der Waals surface area contributed by atoms with Gasteiger partial charge in [-0.2, -0.15) is 0 Å². The minimum Gasteiger partial charge on any atom is -0.479 e. The van der Waals surface area contributed by atoms with Gasteiger partial charge >= 0.3 is 0 Å². The first-order valence-corrected chi connectivity index (χ1v) is 4.91. The third-order valence-corrected chi connectivity index (χ3v) is 2.78. The Labute approximate surface area is 95.1 Å². The van der Waals surface area contributed by atoms with Crippen LogP contribution in [0.25, 0.3) is 0 Å². The summed E-state index contributed by atoms with van der Waals surface area (Å²) in [4.78, 5) is 0. The summed E-state index contributed by atoms with van der Waals surface area (Å²) in [5.74, 6) is 2.87. The fourth-order valence-corrected chi connectivity index (χ4v) is 1.49. The van der Waals surface area contributed by atoms with Crippen molar-refractivity contribution in [3.63, 3.8) is 0 Å². The van der Waals surface area contributed by atoms with Gasteiger partial charge in [-0.05, 0) is 28.1 Å². The van der Waals surface area contributed by atoms with Crippen LogP contribution in [0.2, 0.25) is 10.0 Å². The summed E-state index contributed by atoms with van der Waals surface area (Å²) in [6.07, 6.45) is 5.04. The average molecular weight is 280 g/mol. The highest BCUT2D eigenvalue weighted by molar-refractivity contribution is 9.10. The summed E-state index contributed by atoms with van der Waals surface area (Å²) >= 11 is 14.9. The van der Waals surface area contributed by atoms with Crippen LogP contribution in [-0.2, 0) is 0 Å². The predicted molar refractivity (Wildman–Crippen MR) is 58.5 cm³/mol. The van der Waals surface area contributed by atoms with Gasteiger partial charge in [-0.15, -0.1) is 6.42 Å². The SMILES string of the molecule is C#CCOc1cc(Br)c(Cl)cc1Cl. The Hall–Kier alpha value is -0.360. The van der Waals surface area contributed by atoms with Gasteiger partial charge in [-0.3, -0.25) is 0 Å². The van der Waals surface area contributed by atoms with Gasteiger partial charge in [0.25, 0.3) is 0 Å². The van der Waals surface area contributed by atoms with Gasteiger partial charge in [0, 0.05) is 4.47 Å². The fraction of sp³-hybridized carbons (Fsp3) is 0.111. The maximum Gasteiger partial charge on any atom is 0.148 e. The van der Waals surface area contributed by atoms with Crippen molar-refractivity contribution in [1.29, 1.82) is 0 Å². The molecule has 0 aliphatic rings. The maximum absolute atomic E-state index is 5.84. The van der Waals surface area contributed by atoms with E-state index < -0.39 is 0 Å². The Morgan fingerprint density at radius 3 is 2.69 bits per heavy atom. The molecule has 0 N–H and O–H groups in total. The lowest BCUT2D eigenvalue weighted by Crippen LogP contribution is -1.94. The van der Waals surface area contributed by atoms with E-state index in [-0.39, 0.29) is 6.61 Å². The highest BCUT2D eigenvalue weighted by Gasteiger charge is 2.05. The van der Waals surface area contributed by atoms with Gasteiger partial charge in [-0.1, -0.05) is 29.1 Å². The molecule has 0 aliphatic heterocycles. The monoisotopic (exact) mass is 278 g/mol. The average Bonchev–Trinajstić information content (AvgIpc) is 2.09. The molecule has 0 amide bonds. The van der Waals surface area contributed by atoms with Crippen molar-refractivity contribution in [1.82, 2.24) is 0 Å². The quantitative estimate of drug-likeness (QED) is 0.592. The summed E-state index contributed by atoms with van der Waals surface area (Å²) < 4.78 is 5.89. The summed E-state index contributed by atoms with van der Waals surface area (Å²) in [5.41, 5.74) is 0. The lowest BCUT2D eigenvalue weighted by atomic mass is 10.3. The molecule has 1 aromatic rings. The van der Waals surface area contributed by atoms with Crippen LogP contribution in [0.5, 0.6) is 5.75 Å². The van der Waals surface area contributed by atoms with Crippen molar-refractivity contribution in [2.75, 3.05) is 6.61 Å². The fourth-order valence-electron chi connectivity index (χ4n) is 0.734. The van der Waals surface area contributed by atoms with E-state index in [0.717, 1.165) is 4.47 Å². The van der Waals surface area contributed by atoms with Gasteiger partial charge in [-0.25, -0.2) is 0 Å². The molecule has 1 rings (SSSR count). The minimum absolute atomic E-state index is 0.188. The highest BCUT2D eigenvalue weighted by Crippen LogP contribution is 2.33. The van der Waals surface area contributed by atoms with Crippen LogP contribution in [0.15, 0.2) is 16.6 Å². The standard InChI is InChI=1S/C9H5BrCl2O/c1-2-3-13-9-4-6(10)7(11)5-8(9)12/h1,4-5H,3H2. The molecule has 0 radical (unpaired) electrons. The van der Waals surface area contributed by atoms with E-state index in [1.54, 1.807) is 12.1 Å². The molecule has 4 heteroatoms. The summed E-state index contributed by atoms with van der Waals surface area (Å²) in [5, 5.41) is 0.988. The van der Waals surface area contributed by atoms with E-state index in [0.29, 0.717) is 15.8 Å². The zero-order valence-electron chi connectivity index (χ0n) is 6.48. The first-order valence-electron chi connectivity index (χ1n) is 3.36. The second kappa shape index (κ2) is 4.76. The number of benzene rings is 1. The van der Waals surface area contributed by atoms with E-state index in [1.165, 1.54) is 0 Å². The number of hydrogen-bond donors (Lipinski definition) is 0. The number of halogens is 3. The number of terminal acetylenes is 1. The number of hydrogen-bond acceptors (Lipinski definition) is 1. The van der Waals surface area contributed by atoms with Crippen molar-refractivity contribution in [2.24, 2.45) is 0 Å².